The molecule has 0 spiro atoms. The summed E-state index contributed by atoms with van der Waals surface area (Å²) in [5.41, 5.74) is 0.370. The van der Waals surface area contributed by atoms with Crippen molar-refractivity contribution in [1.82, 2.24) is 39.3 Å². The Morgan fingerprint density at radius 3 is 2.17 bits per heavy atom. The molecule has 1 saturated heterocycles. The van der Waals surface area contributed by atoms with Gasteiger partial charge in [0.05, 0.1) is 48.4 Å². The van der Waals surface area contributed by atoms with E-state index in [2.05, 4.69) is 20.7 Å². The van der Waals surface area contributed by atoms with Crippen molar-refractivity contribution >= 4 is 47.1 Å². The van der Waals surface area contributed by atoms with Gasteiger partial charge in [-0.15, -0.1) is 0 Å². The van der Waals surface area contributed by atoms with E-state index in [1.54, 1.807) is 70.1 Å². The van der Waals surface area contributed by atoms with Crippen LogP contribution in [0.1, 0.15) is 81.1 Å². The van der Waals surface area contributed by atoms with Crippen molar-refractivity contribution in [2.45, 2.75) is 79.1 Å². The van der Waals surface area contributed by atoms with Gasteiger partial charge in [-0.2, -0.15) is 5.10 Å². The molecule has 2 aromatic heterocycles. The second-order valence-electron chi connectivity index (χ2n) is 17.9. The molecule has 2 N–H and O–H groups in total. The maximum absolute atomic E-state index is 15.6. The van der Waals surface area contributed by atoms with E-state index >= 15 is 8.78 Å². The number of hydrogen-bond donors (Lipinski definition) is 2. The van der Waals surface area contributed by atoms with Crippen molar-refractivity contribution in [3.63, 3.8) is 0 Å². The molecule has 358 valence electrons. The summed E-state index contributed by atoms with van der Waals surface area (Å²) in [7, 11) is 3.07. The second kappa shape index (κ2) is 22.0. The topological polar surface area (TPSA) is 182 Å². The summed E-state index contributed by atoms with van der Waals surface area (Å²) in [6.45, 7) is 15.4. The first-order chi connectivity index (χ1) is 31.1. The number of nitrogens with one attached hydrogen (secondary N) is 2. The number of aromatic nitrogens is 4. The highest BCUT2D eigenvalue weighted by Gasteiger charge is 2.28. The zero-order valence-electron chi connectivity index (χ0n) is 39.1. The van der Waals surface area contributed by atoms with Gasteiger partial charge in [-0.05, 0) is 85.7 Å². The Balaban J connectivity index is 1.13. The van der Waals surface area contributed by atoms with Gasteiger partial charge >= 0.3 is 12.1 Å². The normalized spacial score (nSPS) is 13.2. The minimum absolute atomic E-state index is 0.0173. The average Bonchev–Trinajstić information content (AvgIpc) is 3.80. The van der Waals surface area contributed by atoms with Crippen LogP contribution in [-0.2, 0) is 37.4 Å². The van der Waals surface area contributed by atoms with Crippen LogP contribution in [0.2, 0.25) is 5.02 Å². The van der Waals surface area contributed by atoms with Crippen LogP contribution in [0.4, 0.5) is 19.3 Å². The SMILES string of the molecule is COCCn1ncc(-c2ccc(-c3cnc(C(=O)Nc4ccc(C(=O)N5CCN(C(=O)CCCN(CCNC(=O)OC(C)(C)C)CC(=O)OC(C)(C)C)CC5)c(Cl)c4)n3C)c(F)c2F)c1C. The maximum Gasteiger partial charge on any atom is 0.407 e. The highest BCUT2D eigenvalue weighted by Crippen LogP contribution is 2.33. The second-order valence-corrected chi connectivity index (χ2v) is 18.3. The Morgan fingerprint density at radius 1 is 0.864 bits per heavy atom. The molecule has 0 saturated carbocycles. The summed E-state index contributed by atoms with van der Waals surface area (Å²) in [6.07, 6.45) is 2.85. The summed E-state index contributed by atoms with van der Waals surface area (Å²) in [5, 5.41) is 9.75. The van der Waals surface area contributed by atoms with Crippen LogP contribution >= 0.6 is 11.6 Å². The molecular formula is C46H60ClF2N9O8. The molecule has 0 aliphatic carbocycles. The summed E-state index contributed by atoms with van der Waals surface area (Å²) in [6, 6.07) is 7.34. The van der Waals surface area contributed by atoms with Gasteiger partial charge in [0.15, 0.2) is 17.5 Å². The van der Waals surface area contributed by atoms with Crippen LogP contribution in [0, 0.1) is 18.6 Å². The lowest BCUT2D eigenvalue weighted by atomic mass is 10.0. The van der Waals surface area contributed by atoms with E-state index < -0.39 is 40.8 Å². The Bertz CT molecular complexity index is 2400. The fourth-order valence-electron chi connectivity index (χ4n) is 7.29. The third-order valence-corrected chi connectivity index (χ3v) is 10.9. The number of imidazole rings is 1. The van der Waals surface area contributed by atoms with Crippen molar-refractivity contribution in [3.05, 3.63) is 76.5 Å². The Labute approximate surface area is 388 Å². The number of piperazine rings is 1. The van der Waals surface area contributed by atoms with Crippen molar-refractivity contribution in [2.24, 2.45) is 7.05 Å². The van der Waals surface area contributed by atoms with E-state index in [9.17, 15) is 24.0 Å². The van der Waals surface area contributed by atoms with E-state index in [-0.39, 0.29) is 83.3 Å². The number of rotatable bonds is 17. The predicted molar refractivity (Wildman–Crippen MR) is 244 cm³/mol. The number of benzene rings is 2. The smallest absolute Gasteiger partial charge is 0.407 e. The van der Waals surface area contributed by atoms with Crippen LogP contribution in [0.25, 0.3) is 22.4 Å². The molecule has 1 aliphatic heterocycles. The fraction of sp³-hybridized carbons (Fsp3) is 0.500. The van der Waals surface area contributed by atoms with E-state index in [4.69, 9.17) is 25.8 Å². The number of ether oxygens (including phenoxy) is 3. The first-order valence-electron chi connectivity index (χ1n) is 21.7. The van der Waals surface area contributed by atoms with Crippen LogP contribution in [0.3, 0.4) is 0 Å². The van der Waals surface area contributed by atoms with Crippen LogP contribution in [-0.4, -0.2) is 141 Å². The van der Waals surface area contributed by atoms with Gasteiger partial charge in [-0.1, -0.05) is 17.7 Å². The van der Waals surface area contributed by atoms with Crippen molar-refractivity contribution in [2.75, 3.05) is 71.4 Å². The number of alkyl carbamates (subject to hydrolysis) is 1. The molecule has 0 unspecified atom stereocenters. The highest BCUT2D eigenvalue weighted by molar-refractivity contribution is 6.34. The molecule has 1 aliphatic rings. The zero-order valence-corrected chi connectivity index (χ0v) is 39.8. The molecule has 0 atom stereocenters. The number of hydrogen-bond acceptors (Lipinski definition) is 11. The Hall–Kier alpha value is -5.92. The number of methoxy groups -OCH3 is 1. The van der Waals surface area contributed by atoms with Crippen molar-refractivity contribution in [1.29, 1.82) is 0 Å². The number of anilines is 1. The Morgan fingerprint density at radius 2 is 1.52 bits per heavy atom. The van der Waals surface area contributed by atoms with Crippen molar-refractivity contribution in [3.8, 4) is 22.4 Å². The van der Waals surface area contributed by atoms with Gasteiger partial charge in [-0.25, -0.2) is 18.6 Å². The third-order valence-electron chi connectivity index (χ3n) is 10.6. The molecule has 20 heteroatoms. The van der Waals surface area contributed by atoms with Crippen molar-refractivity contribution < 1.29 is 47.0 Å². The summed E-state index contributed by atoms with van der Waals surface area (Å²) in [5.74, 6) is -3.76. The lowest BCUT2D eigenvalue weighted by Gasteiger charge is -2.35. The standard InChI is InChI=1S/C46H60ClF2N9O8/c1-29-34(26-52-58(29)23-24-64-9)31-14-15-33(40(49)39(31)48)36-27-51-41(54(36)8)42(61)53-30-12-13-32(35(47)25-30)43(62)57-21-19-56(20-22-57)37(59)11-10-17-55(28-38(60)65-45(2,3)4)18-16-50-44(63)66-46(5,6)7/h12-15,25-27H,10-11,16-24,28H2,1-9H3,(H,50,63)(H,53,61). The Kier molecular flexibility index (Phi) is 17.1. The first kappa shape index (κ1) is 51.1. The molecule has 4 aromatic rings. The van der Waals surface area contributed by atoms with Gasteiger partial charge in [-0.3, -0.25) is 28.8 Å². The number of esters is 1. The number of amides is 4. The molecule has 0 radical (unpaired) electrons. The molecule has 4 amide bonds. The molecule has 17 nitrogen and oxygen atoms in total. The number of nitrogens with zero attached hydrogens (tertiary/aromatic N) is 7. The molecule has 0 bridgehead atoms. The summed E-state index contributed by atoms with van der Waals surface area (Å²) >= 11 is 6.58. The first-order valence-corrected chi connectivity index (χ1v) is 22.1. The van der Waals surface area contributed by atoms with Crippen LogP contribution in [0.5, 0.6) is 0 Å². The van der Waals surface area contributed by atoms with E-state index in [0.717, 1.165) is 0 Å². The quantitative estimate of drug-likeness (QED) is 0.113. The lowest BCUT2D eigenvalue weighted by molar-refractivity contribution is -0.156. The molecular weight excluding hydrogens is 880 g/mol. The van der Waals surface area contributed by atoms with Crippen LogP contribution in [0.15, 0.2) is 42.7 Å². The fourth-order valence-corrected chi connectivity index (χ4v) is 7.55. The van der Waals surface area contributed by atoms with E-state index in [1.807, 2.05) is 4.90 Å². The van der Waals surface area contributed by atoms with Crippen LogP contribution < -0.4 is 10.6 Å². The largest absolute Gasteiger partial charge is 0.459 e. The number of carbonyl (C=O) groups excluding carboxylic acids is 5. The van der Waals surface area contributed by atoms with E-state index in [0.29, 0.717) is 57.0 Å². The molecule has 3 heterocycles. The van der Waals surface area contributed by atoms with Gasteiger partial charge in [0.2, 0.25) is 5.91 Å². The predicted octanol–water partition coefficient (Wildman–Crippen LogP) is 6.32. The third kappa shape index (κ3) is 13.6. The van der Waals surface area contributed by atoms with E-state index in [1.165, 1.54) is 54.3 Å². The maximum atomic E-state index is 15.6. The highest BCUT2D eigenvalue weighted by atomic mass is 35.5. The lowest BCUT2D eigenvalue weighted by Crippen LogP contribution is -2.50. The molecule has 66 heavy (non-hydrogen) atoms. The van der Waals surface area contributed by atoms with Gasteiger partial charge < -0.3 is 39.2 Å². The molecule has 1 fully saturated rings. The van der Waals surface area contributed by atoms with Gasteiger partial charge in [0.1, 0.15) is 11.2 Å². The minimum atomic E-state index is -1.11. The number of carbonyl (C=O) groups is 5. The number of halogens is 3. The monoisotopic (exact) mass is 939 g/mol. The summed E-state index contributed by atoms with van der Waals surface area (Å²) < 4.78 is 50.0. The molecule has 2 aromatic carbocycles. The average molecular weight is 940 g/mol. The minimum Gasteiger partial charge on any atom is -0.459 e. The zero-order chi connectivity index (χ0) is 48.5. The van der Waals surface area contributed by atoms with Gasteiger partial charge in [0.25, 0.3) is 11.8 Å². The summed E-state index contributed by atoms with van der Waals surface area (Å²) in [4.78, 5) is 74.2. The molecule has 5 rings (SSSR count). The van der Waals surface area contributed by atoms with Gasteiger partial charge in [0, 0.05) is 87.9 Å².